The Morgan fingerprint density at radius 3 is 2.67 bits per heavy atom. The van der Waals surface area contributed by atoms with Gasteiger partial charge in [-0.1, -0.05) is 25.4 Å². The van der Waals surface area contributed by atoms with Crippen molar-refractivity contribution in [3.05, 3.63) is 33.3 Å². The smallest absolute Gasteiger partial charge is 0.288 e. The van der Waals surface area contributed by atoms with Gasteiger partial charge in [-0.3, -0.25) is 10.1 Å². The van der Waals surface area contributed by atoms with E-state index in [-0.39, 0.29) is 10.7 Å². The minimum Gasteiger partial charge on any atom is -0.491 e. The lowest BCUT2D eigenvalue weighted by atomic mass is 10.2. The molecule has 5 nitrogen and oxygen atoms in total. The Bertz CT molecular complexity index is 409. The van der Waals surface area contributed by atoms with Crippen molar-refractivity contribution in [1.82, 2.24) is 0 Å². The van der Waals surface area contributed by atoms with Crippen LogP contribution in [0.4, 0.5) is 5.69 Å². The van der Waals surface area contributed by atoms with Gasteiger partial charge in [0, 0.05) is 18.7 Å². The van der Waals surface area contributed by atoms with E-state index < -0.39 is 4.92 Å². The van der Waals surface area contributed by atoms with Crippen LogP contribution in [0.25, 0.3) is 0 Å². The summed E-state index contributed by atoms with van der Waals surface area (Å²) in [5.41, 5.74) is -0.125. The minimum atomic E-state index is -0.530. The number of halogens is 1. The van der Waals surface area contributed by atoms with Crippen LogP contribution < -0.4 is 4.74 Å². The molecule has 0 saturated carbocycles. The summed E-state index contributed by atoms with van der Waals surface area (Å²) >= 11 is 5.75. The molecule has 0 unspecified atom stereocenters. The zero-order valence-corrected chi connectivity index (χ0v) is 11.1. The van der Waals surface area contributed by atoms with Crippen molar-refractivity contribution in [3.8, 4) is 5.75 Å². The van der Waals surface area contributed by atoms with Gasteiger partial charge in [-0.2, -0.15) is 0 Å². The molecule has 1 aromatic rings. The van der Waals surface area contributed by atoms with Gasteiger partial charge in [0.2, 0.25) is 0 Å². The molecule has 0 atom stereocenters. The Morgan fingerprint density at radius 2 is 2.11 bits per heavy atom. The van der Waals surface area contributed by atoms with E-state index in [1.807, 2.05) is 0 Å². The first-order chi connectivity index (χ1) is 8.50. The molecule has 0 aliphatic rings. The van der Waals surface area contributed by atoms with Crippen molar-refractivity contribution >= 4 is 17.3 Å². The minimum absolute atomic E-state index is 0.0700. The molecule has 0 heterocycles. The van der Waals surface area contributed by atoms with Crippen LogP contribution in [0.15, 0.2) is 18.2 Å². The fourth-order valence-electron chi connectivity index (χ4n) is 1.26. The summed E-state index contributed by atoms with van der Waals surface area (Å²) in [6.45, 7) is 5.69. The van der Waals surface area contributed by atoms with Gasteiger partial charge in [0.15, 0.2) is 0 Å². The first-order valence-corrected chi connectivity index (χ1v) is 6.03. The summed E-state index contributed by atoms with van der Waals surface area (Å²) in [4.78, 5) is 10.0. The van der Waals surface area contributed by atoms with Gasteiger partial charge in [0.25, 0.3) is 5.69 Å². The van der Waals surface area contributed by atoms with Crippen molar-refractivity contribution < 1.29 is 14.4 Å². The second-order valence-corrected chi connectivity index (χ2v) is 4.59. The maximum absolute atomic E-state index is 10.6. The lowest BCUT2D eigenvalue weighted by molar-refractivity contribution is -0.384. The van der Waals surface area contributed by atoms with Crippen molar-refractivity contribution in [1.29, 1.82) is 0 Å². The predicted molar refractivity (Wildman–Crippen MR) is 69.3 cm³/mol. The van der Waals surface area contributed by atoms with Crippen LogP contribution in [0.3, 0.4) is 0 Å². The number of hydrogen-bond donors (Lipinski definition) is 0. The molecular formula is C12H16ClNO4. The fourth-order valence-corrected chi connectivity index (χ4v) is 1.50. The van der Waals surface area contributed by atoms with E-state index in [1.54, 1.807) is 0 Å². The van der Waals surface area contributed by atoms with Crippen LogP contribution in [0.2, 0.25) is 5.02 Å². The van der Waals surface area contributed by atoms with E-state index in [1.165, 1.54) is 18.2 Å². The standard InChI is InChI=1S/C12H16ClNO4/c1-9(2)8-17-5-6-18-10-3-4-12(14(15)16)11(13)7-10/h3-4,7,9H,5-6,8H2,1-2H3. The molecule has 1 rings (SSSR count). The van der Waals surface area contributed by atoms with Gasteiger partial charge in [-0.25, -0.2) is 0 Å². The number of nitro benzene ring substituents is 1. The van der Waals surface area contributed by atoms with Crippen LogP contribution in [0.1, 0.15) is 13.8 Å². The lowest BCUT2D eigenvalue weighted by Gasteiger charge is -2.08. The first-order valence-electron chi connectivity index (χ1n) is 5.65. The van der Waals surface area contributed by atoms with Gasteiger partial charge >= 0.3 is 0 Å². The number of nitrogens with zero attached hydrogens (tertiary/aromatic N) is 1. The first kappa shape index (κ1) is 14.7. The molecule has 0 aromatic heterocycles. The average molecular weight is 274 g/mol. The average Bonchev–Trinajstić information content (AvgIpc) is 2.27. The quantitative estimate of drug-likeness (QED) is 0.434. The van der Waals surface area contributed by atoms with Crippen LogP contribution in [0.5, 0.6) is 5.75 Å². The van der Waals surface area contributed by atoms with E-state index in [4.69, 9.17) is 21.1 Å². The highest BCUT2D eigenvalue weighted by atomic mass is 35.5. The van der Waals surface area contributed by atoms with Gasteiger partial charge in [0.1, 0.15) is 17.4 Å². The number of benzene rings is 1. The molecule has 0 spiro atoms. The summed E-state index contributed by atoms with van der Waals surface area (Å²) < 4.78 is 10.7. The van der Waals surface area contributed by atoms with E-state index in [9.17, 15) is 10.1 Å². The lowest BCUT2D eigenvalue weighted by Crippen LogP contribution is -2.10. The molecule has 0 radical (unpaired) electrons. The van der Waals surface area contributed by atoms with Crippen LogP contribution in [-0.4, -0.2) is 24.7 Å². The molecule has 0 aliphatic carbocycles. The zero-order valence-electron chi connectivity index (χ0n) is 10.4. The SMILES string of the molecule is CC(C)COCCOc1ccc([N+](=O)[O-])c(Cl)c1. The normalized spacial score (nSPS) is 10.7. The third-order valence-corrected chi connectivity index (χ3v) is 2.37. The number of hydrogen-bond acceptors (Lipinski definition) is 4. The maximum Gasteiger partial charge on any atom is 0.288 e. The molecule has 100 valence electrons. The third kappa shape index (κ3) is 4.89. The van der Waals surface area contributed by atoms with E-state index in [0.29, 0.717) is 31.5 Å². The van der Waals surface area contributed by atoms with Gasteiger partial charge in [-0.15, -0.1) is 0 Å². The number of rotatable bonds is 7. The van der Waals surface area contributed by atoms with Gasteiger partial charge < -0.3 is 9.47 Å². The highest BCUT2D eigenvalue weighted by Crippen LogP contribution is 2.28. The molecule has 0 N–H and O–H groups in total. The van der Waals surface area contributed by atoms with Crippen LogP contribution in [0, 0.1) is 16.0 Å². The van der Waals surface area contributed by atoms with E-state index in [0.717, 1.165) is 0 Å². The van der Waals surface area contributed by atoms with Crippen LogP contribution in [-0.2, 0) is 4.74 Å². The maximum atomic E-state index is 10.6. The highest BCUT2D eigenvalue weighted by Gasteiger charge is 2.12. The molecular weight excluding hydrogens is 258 g/mol. The summed E-state index contributed by atoms with van der Waals surface area (Å²) in [7, 11) is 0. The molecule has 0 aliphatic heterocycles. The molecule has 0 fully saturated rings. The predicted octanol–water partition coefficient (Wildman–Crippen LogP) is 3.30. The largest absolute Gasteiger partial charge is 0.491 e. The molecule has 6 heteroatoms. The van der Waals surface area contributed by atoms with Crippen molar-refractivity contribution in [3.63, 3.8) is 0 Å². The van der Waals surface area contributed by atoms with Crippen molar-refractivity contribution in [2.24, 2.45) is 5.92 Å². The second-order valence-electron chi connectivity index (χ2n) is 4.19. The van der Waals surface area contributed by atoms with Crippen molar-refractivity contribution in [2.45, 2.75) is 13.8 Å². The van der Waals surface area contributed by atoms with Gasteiger partial charge in [-0.05, 0) is 12.0 Å². The van der Waals surface area contributed by atoms with E-state index in [2.05, 4.69) is 13.8 Å². The molecule has 0 saturated heterocycles. The van der Waals surface area contributed by atoms with E-state index >= 15 is 0 Å². The molecule has 0 amide bonds. The Kier molecular flexibility index (Phi) is 5.88. The molecule has 18 heavy (non-hydrogen) atoms. The van der Waals surface area contributed by atoms with Gasteiger partial charge in [0.05, 0.1) is 11.5 Å². The number of ether oxygens (including phenoxy) is 2. The number of nitro groups is 1. The Hall–Kier alpha value is -1.33. The summed E-state index contributed by atoms with van der Waals surface area (Å²) in [6.07, 6.45) is 0. The highest BCUT2D eigenvalue weighted by molar-refractivity contribution is 6.32. The van der Waals surface area contributed by atoms with Crippen molar-refractivity contribution in [2.75, 3.05) is 19.8 Å². The Balaban J connectivity index is 2.39. The monoisotopic (exact) mass is 273 g/mol. The molecule has 1 aromatic carbocycles. The third-order valence-electron chi connectivity index (χ3n) is 2.06. The summed E-state index contributed by atoms with van der Waals surface area (Å²) in [6, 6.07) is 4.28. The van der Waals surface area contributed by atoms with Crippen LogP contribution >= 0.6 is 11.6 Å². The zero-order chi connectivity index (χ0) is 13.5. The topological polar surface area (TPSA) is 61.6 Å². The summed E-state index contributed by atoms with van der Waals surface area (Å²) in [5.74, 6) is 0.984. The second kappa shape index (κ2) is 7.18. The summed E-state index contributed by atoms with van der Waals surface area (Å²) in [5, 5.41) is 10.6. The molecule has 0 bridgehead atoms. The Morgan fingerprint density at radius 1 is 1.39 bits per heavy atom. The Labute approximate surface area is 111 Å². The fraction of sp³-hybridized carbons (Fsp3) is 0.500.